The first-order chi connectivity index (χ1) is 21.5. The van der Waals surface area contributed by atoms with Crippen molar-refractivity contribution in [2.45, 2.75) is 116 Å². The number of ketones is 1. The number of hydrogen-bond acceptors (Lipinski definition) is 4. The molecule has 4 nitrogen and oxygen atoms in total. The van der Waals surface area contributed by atoms with Gasteiger partial charge in [0.15, 0.2) is 17.3 Å². The summed E-state index contributed by atoms with van der Waals surface area (Å²) in [5.74, 6) is 8.85. The molecule has 1 spiro atoms. The number of benzene rings is 2. The highest BCUT2D eigenvalue weighted by atomic mass is 16.7. The van der Waals surface area contributed by atoms with Crippen LogP contribution in [-0.2, 0) is 4.79 Å². The van der Waals surface area contributed by atoms with Crippen LogP contribution in [0.1, 0.15) is 110 Å². The van der Waals surface area contributed by atoms with Crippen LogP contribution in [0, 0.1) is 34.5 Å². The van der Waals surface area contributed by atoms with Gasteiger partial charge in [-0.2, -0.15) is 0 Å². The molecule has 3 fully saturated rings. The minimum absolute atomic E-state index is 0.202. The number of ether oxygens (including phenoxy) is 2. The third-order valence-corrected chi connectivity index (χ3v) is 12.8. The molecule has 2 aromatic carbocycles. The maximum Gasteiger partial charge on any atom is 0.251 e. The van der Waals surface area contributed by atoms with Gasteiger partial charge < -0.3 is 14.6 Å². The highest BCUT2D eigenvalue weighted by molar-refractivity contribution is 5.93. The summed E-state index contributed by atoms with van der Waals surface area (Å²) in [5.41, 5.74) is 6.95. The molecule has 1 heterocycles. The van der Waals surface area contributed by atoms with Crippen LogP contribution in [-0.4, -0.2) is 22.3 Å². The van der Waals surface area contributed by atoms with Crippen LogP contribution in [0.4, 0.5) is 0 Å². The van der Waals surface area contributed by atoms with Gasteiger partial charge >= 0.3 is 0 Å². The molecule has 0 bridgehead atoms. The molecule has 5 aliphatic carbocycles. The molecule has 8 rings (SSSR count). The summed E-state index contributed by atoms with van der Waals surface area (Å²) in [6, 6.07) is 15.5. The Labute approximate surface area is 268 Å². The molecule has 2 aromatic rings. The van der Waals surface area contributed by atoms with Crippen LogP contribution < -0.4 is 9.47 Å². The van der Waals surface area contributed by atoms with E-state index in [9.17, 15) is 9.90 Å². The molecular weight excluding hydrogens is 556 g/mol. The average Bonchev–Trinajstić information content (AvgIpc) is 3.52. The van der Waals surface area contributed by atoms with Gasteiger partial charge in [0.1, 0.15) is 5.60 Å². The van der Waals surface area contributed by atoms with Crippen molar-refractivity contribution in [2.75, 3.05) is 0 Å². The first kappa shape index (κ1) is 29.1. The quantitative estimate of drug-likeness (QED) is 0.349. The lowest BCUT2D eigenvalue weighted by atomic mass is 9.51. The van der Waals surface area contributed by atoms with Crippen molar-refractivity contribution in [3.05, 3.63) is 70.8 Å². The second-order valence-electron chi connectivity index (χ2n) is 15.8. The summed E-state index contributed by atoms with van der Waals surface area (Å²) >= 11 is 0. The molecule has 45 heavy (non-hydrogen) atoms. The van der Waals surface area contributed by atoms with E-state index in [0.29, 0.717) is 23.7 Å². The van der Waals surface area contributed by atoms with E-state index < -0.39 is 11.4 Å². The highest BCUT2D eigenvalue weighted by Gasteiger charge is 2.62. The van der Waals surface area contributed by atoms with Gasteiger partial charge in [-0.15, -0.1) is 5.92 Å². The Morgan fingerprint density at radius 1 is 0.844 bits per heavy atom. The third-order valence-electron chi connectivity index (χ3n) is 12.8. The molecule has 0 amide bonds. The zero-order valence-corrected chi connectivity index (χ0v) is 27.3. The lowest BCUT2D eigenvalue weighted by molar-refractivity contribution is -0.123. The standard InChI is InChI=1S/C41H46O4/c1-5-17-40(43)18-16-34-32-13-10-29-23-30(42)12-14-31(29)37(32)33(25-39(34,40)4)27-8-6-26(7-9-27)28-11-15-35-36(24-28)45-41(44-35)21-19-38(2,3)20-22-41/h6-9,11,15,23-24,32-34,43H,10,12-14,16,18-22,25H2,1-4H3/t32-,33+,34-,39-,40-/m0/s1. The van der Waals surface area contributed by atoms with Crippen molar-refractivity contribution in [3.8, 4) is 34.5 Å². The fourth-order valence-corrected chi connectivity index (χ4v) is 10.1. The summed E-state index contributed by atoms with van der Waals surface area (Å²) in [7, 11) is 0. The first-order valence-corrected chi connectivity index (χ1v) is 17.3. The molecule has 0 unspecified atom stereocenters. The van der Waals surface area contributed by atoms with E-state index in [4.69, 9.17) is 9.47 Å². The molecule has 6 aliphatic rings. The maximum atomic E-state index is 12.4. The van der Waals surface area contributed by atoms with E-state index in [2.05, 4.69) is 75.1 Å². The molecule has 234 valence electrons. The van der Waals surface area contributed by atoms with Crippen molar-refractivity contribution in [3.63, 3.8) is 0 Å². The summed E-state index contributed by atoms with van der Waals surface area (Å²) in [5, 5.41) is 12.0. The summed E-state index contributed by atoms with van der Waals surface area (Å²) in [6.07, 6.45) is 12.1. The maximum absolute atomic E-state index is 12.4. The predicted octanol–water partition coefficient (Wildman–Crippen LogP) is 9.08. The van der Waals surface area contributed by atoms with Crippen LogP contribution in [0.25, 0.3) is 11.1 Å². The van der Waals surface area contributed by atoms with Gasteiger partial charge in [-0.05, 0) is 122 Å². The van der Waals surface area contributed by atoms with Crippen LogP contribution >= 0.6 is 0 Å². The Balaban J connectivity index is 1.13. The molecule has 0 saturated heterocycles. The lowest BCUT2D eigenvalue weighted by Gasteiger charge is -2.53. The van der Waals surface area contributed by atoms with Crippen LogP contribution in [0.5, 0.6) is 11.5 Å². The zero-order valence-electron chi connectivity index (χ0n) is 27.3. The Morgan fingerprint density at radius 3 is 2.33 bits per heavy atom. The Morgan fingerprint density at radius 2 is 1.58 bits per heavy atom. The minimum Gasteiger partial charge on any atom is -0.448 e. The summed E-state index contributed by atoms with van der Waals surface area (Å²) in [6.45, 7) is 8.82. The van der Waals surface area contributed by atoms with Crippen LogP contribution in [0.3, 0.4) is 0 Å². The molecule has 1 N–H and O–H groups in total. The lowest BCUT2D eigenvalue weighted by Crippen LogP contribution is -2.51. The van der Waals surface area contributed by atoms with Gasteiger partial charge in [0.2, 0.25) is 0 Å². The number of carbonyl (C=O) groups excluding carboxylic acids is 1. The smallest absolute Gasteiger partial charge is 0.251 e. The fourth-order valence-electron chi connectivity index (χ4n) is 10.1. The number of hydrogen-bond donors (Lipinski definition) is 1. The molecule has 0 aromatic heterocycles. The molecule has 4 heteroatoms. The third kappa shape index (κ3) is 4.56. The second kappa shape index (κ2) is 10.1. The number of aliphatic hydroxyl groups is 1. The number of carbonyl (C=O) groups is 1. The average molecular weight is 603 g/mol. The Bertz CT molecular complexity index is 1690. The highest BCUT2D eigenvalue weighted by Crippen LogP contribution is 2.66. The van der Waals surface area contributed by atoms with Gasteiger partial charge in [-0.25, -0.2) is 0 Å². The van der Waals surface area contributed by atoms with Gasteiger partial charge in [0.25, 0.3) is 5.79 Å². The Kier molecular flexibility index (Phi) is 6.54. The van der Waals surface area contributed by atoms with Crippen LogP contribution in [0.2, 0.25) is 0 Å². The van der Waals surface area contributed by atoms with Gasteiger partial charge in [-0.3, -0.25) is 4.79 Å². The van der Waals surface area contributed by atoms with Crippen LogP contribution in [0.15, 0.2) is 65.3 Å². The van der Waals surface area contributed by atoms with E-state index in [1.807, 2.05) is 13.0 Å². The van der Waals surface area contributed by atoms with Crippen molar-refractivity contribution >= 4 is 5.78 Å². The van der Waals surface area contributed by atoms with Crippen molar-refractivity contribution in [2.24, 2.45) is 22.7 Å². The summed E-state index contributed by atoms with van der Waals surface area (Å²) < 4.78 is 12.9. The number of fused-ring (bicyclic) bond motifs is 5. The predicted molar refractivity (Wildman–Crippen MR) is 177 cm³/mol. The van der Waals surface area contributed by atoms with Crippen molar-refractivity contribution in [1.29, 1.82) is 0 Å². The molecule has 3 saturated carbocycles. The topological polar surface area (TPSA) is 55.8 Å². The van der Waals surface area contributed by atoms with Gasteiger partial charge in [0, 0.05) is 30.6 Å². The second-order valence-corrected chi connectivity index (χ2v) is 15.8. The van der Waals surface area contributed by atoms with Crippen molar-refractivity contribution in [1.82, 2.24) is 0 Å². The number of allylic oxidation sites excluding steroid dienone is 4. The molecule has 1 aliphatic heterocycles. The fraction of sp³-hybridized carbons (Fsp3) is 0.537. The Hall–Kier alpha value is -3.29. The van der Waals surface area contributed by atoms with Gasteiger partial charge in [-0.1, -0.05) is 62.6 Å². The normalized spacial score (nSPS) is 33.9. The molecular formula is C41H46O4. The minimum atomic E-state index is -0.961. The number of rotatable bonds is 2. The monoisotopic (exact) mass is 602 g/mol. The summed E-state index contributed by atoms with van der Waals surface area (Å²) in [4.78, 5) is 12.4. The van der Waals surface area contributed by atoms with E-state index in [1.54, 1.807) is 5.57 Å². The molecule has 5 atom stereocenters. The van der Waals surface area contributed by atoms with E-state index in [0.717, 1.165) is 86.8 Å². The van der Waals surface area contributed by atoms with E-state index in [-0.39, 0.29) is 17.1 Å². The largest absolute Gasteiger partial charge is 0.448 e. The SMILES string of the molecule is CC#C[C@]1(O)CC[C@H]2[C@@H]3CCC4=CC(=O)CCC4=C3[C@@H](c3ccc(-c4ccc5c(c4)OC4(CCC(C)(C)CC4)O5)cc3)C[C@@]21C. The first-order valence-electron chi connectivity index (χ1n) is 17.3. The van der Waals surface area contributed by atoms with Gasteiger partial charge in [0.05, 0.1) is 0 Å². The molecule has 0 radical (unpaired) electrons. The van der Waals surface area contributed by atoms with E-state index in [1.165, 1.54) is 16.7 Å². The van der Waals surface area contributed by atoms with Crippen molar-refractivity contribution < 1.29 is 19.4 Å². The van der Waals surface area contributed by atoms with E-state index >= 15 is 0 Å². The zero-order chi connectivity index (χ0) is 31.2.